The van der Waals surface area contributed by atoms with E-state index in [0.717, 1.165) is 12.2 Å². The fourth-order valence-electron chi connectivity index (χ4n) is 1.29. The summed E-state index contributed by atoms with van der Waals surface area (Å²) >= 11 is 1.87. The highest BCUT2D eigenvalue weighted by atomic mass is 32.2. The lowest BCUT2D eigenvalue weighted by atomic mass is 10.1. The van der Waals surface area contributed by atoms with Crippen LogP contribution in [0.4, 0.5) is 0 Å². The van der Waals surface area contributed by atoms with Gasteiger partial charge in [-0.1, -0.05) is 0 Å². The zero-order valence-electron chi connectivity index (χ0n) is 7.21. The Labute approximate surface area is 77.5 Å². The van der Waals surface area contributed by atoms with Crippen LogP contribution in [0.5, 0.6) is 0 Å². The third-order valence-electron chi connectivity index (χ3n) is 1.97. The minimum Gasteiger partial charge on any atom is -0.355 e. The summed E-state index contributed by atoms with van der Waals surface area (Å²) in [5, 5.41) is 2.82. The number of nitrogens with one attached hydrogen (secondary N) is 1. The first-order chi connectivity index (χ1) is 5.84. The summed E-state index contributed by atoms with van der Waals surface area (Å²) in [6, 6.07) is 0. The van der Waals surface area contributed by atoms with Gasteiger partial charge in [0.1, 0.15) is 0 Å². The van der Waals surface area contributed by atoms with Crippen molar-refractivity contribution in [1.82, 2.24) is 5.32 Å². The van der Waals surface area contributed by atoms with Gasteiger partial charge in [-0.05, 0) is 18.6 Å². The zero-order valence-corrected chi connectivity index (χ0v) is 8.03. The van der Waals surface area contributed by atoms with Gasteiger partial charge >= 0.3 is 0 Å². The third-order valence-corrected chi connectivity index (χ3v) is 3.19. The summed E-state index contributed by atoms with van der Waals surface area (Å²) in [6.45, 7) is 1.14. The number of thioether (sulfide) groups is 1. The Morgan fingerprint density at radius 1 is 1.67 bits per heavy atom. The standard InChI is InChI=1S/C8H16N2OS/c9-3-4-10-8(11)7-2-1-5-12-6-7/h7H,1-6,9H2,(H,10,11). The first kappa shape index (κ1) is 9.86. The Bertz CT molecular complexity index is 146. The van der Waals surface area contributed by atoms with Gasteiger partial charge in [0.05, 0.1) is 0 Å². The van der Waals surface area contributed by atoms with E-state index in [1.807, 2.05) is 11.8 Å². The topological polar surface area (TPSA) is 55.1 Å². The van der Waals surface area contributed by atoms with Crippen molar-refractivity contribution in [1.29, 1.82) is 0 Å². The Kier molecular flexibility index (Phi) is 4.46. The van der Waals surface area contributed by atoms with E-state index in [0.29, 0.717) is 13.1 Å². The van der Waals surface area contributed by atoms with Crippen LogP contribution in [0.1, 0.15) is 12.8 Å². The molecule has 1 heterocycles. The number of rotatable bonds is 3. The molecule has 70 valence electrons. The van der Waals surface area contributed by atoms with Crippen LogP contribution in [0.2, 0.25) is 0 Å². The predicted octanol–water partition coefficient (Wildman–Crippen LogP) is 0.204. The third kappa shape index (κ3) is 3.03. The summed E-state index contributed by atoms with van der Waals surface area (Å²) in [6.07, 6.45) is 2.22. The van der Waals surface area contributed by atoms with Crippen LogP contribution >= 0.6 is 11.8 Å². The normalized spacial score (nSPS) is 23.6. The van der Waals surface area contributed by atoms with Gasteiger partial charge in [0.2, 0.25) is 5.91 Å². The summed E-state index contributed by atoms with van der Waals surface area (Å²) in [7, 11) is 0. The number of amides is 1. The molecule has 3 nitrogen and oxygen atoms in total. The average molecular weight is 188 g/mol. The second-order valence-electron chi connectivity index (χ2n) is 2.99. The molecule has 3 N–H and O–H groups in total. The summed E-state index contributed by atoms with van der Waals surface area (Å²) in [5.74, 6) is 2.61. The van der Waals surface area contributed by atoms with Crippen molar-refractivity contribution in [3.8, 4) is 0 Å². The summed E-state index contributed by atoms with van der Waals surface area (Å²) in [4.78, 5) is 11.4. The van der Waals surface area contributed by atoms with Gasteiger partial charge in [0.25, 0.3) is 0 Å². The van der Waals surface area contributed by atoms with E-state index in [-0.39, 0.29) is 11.8 Å². The second-order valence-corrected chi connectivity index (χ2v) is 4.14. The molecule has 0 aliphatic carbocycles. The molecule has 0 spiro atoms. The average Bonchev–Trinajstić information content (AvgIpc) is 2.15. The van der Waals surface area contributed by atoms with Crippen molar-refractivity contribution >= 4 is 17.7 Å². The quantitative estimate of drug-likeness (QED) is 0.665. The van der Waals surface area contributed by atoms with Crippen molar-refractivity contribution in [2.24, 2.45) is 11.7 Å². The lowest BCUT2D eigenvalue weighted by molar-refractivity contribution is -0.124. The van der Waals surface area contributed by atoms with E-state index < -0.39 is 0 Å². The maximum absolute atomic E-state index is 11.4. The Balaban J connectivity index is 2.20. The lowest BCUT2D eigenvalue weighted by Gasteiger charge is -2.20. The minimum absolute atomic E-state index is 0.188. The van der Waals surface area contributed by atoms with E-state index in [2.05, 4.69) is 5.32 Å². The maximum atomic E-state index is 11.4. The molecule has 12 heavy (non-hydrogen) atoms. The molecule has 1 fully saturated rings. The molecular weight excluding hydrogens is 172 g/mol. The zero-order chi connectivity index (χ0) is 8.81. The van der Waals surface area contributed by atoms with E-state index in [1.54, 1.807) is 0 Å². The largest absolute Gasteiger partial charge is 0.355 e. The van der Waals surface area contributed by atoms with Crippen LogP contribution in [0.25, 0.3) is 0 Å². The molecular formula is C8H16N2OS. The van der Waals surface area contributed by atoms with Crippen LogP contribution in [0, 0.1) is 5.92 Å². The molecule has 1 saturated heterocycles. The molecule has 0 radical (unpaired) electrons. The molecule has 1 aliphatic rings. The molecule has 1 aliphatic heterocycles. The molecule has 4 heteroatoms. The molecule has 0 saturated carbocycles. The first-order valence-corrected chi connectivity index (χ1v) is 5.55. The van der Waals surface area contributed by atoms with E-state index >= 15 is 0 Å². The van der Waals surface area contributed by atoms with Crippen molar-refractivity contribution in [2.75, 3.05) is 24.6 Å². The van der Waals surface area contributed by atoms with Gasteiger partial charge in [-0.3, -0.25) is 4.79 Å². The Morgan fingerprint density at radius 2 is 2.50 bits per heavy atom. The molecule has 0 aromatic heterocycles. The Hall–Kier alpha value is -0.220. The van der Waals surface area contributed by atoms with Gasteiger partial charge in [0, 0.05) is 24.8 Å². The SMILES string of the molecule is NCCNC(=O)C1CCCSC1. The highest BCUT2D eigenvalue weighted by Gasteiger charge is 2.20. The highest BCUT2D eigenvalue weighted by Crippen LogP contribution is 2.22. The lowest BCUT2D eigenvalue weighted by Crippen LogP contribution is -2.36. The maximum Gasteiger partial charge on any atom is 0.223 e. The summed E-state index contributed by atoms with van der Waals surface area (Å²) in [5.41, 5.74) is 5.29. The van der Waals surface area contributed by atoms with E-state index in [1.165, 1.54) is 12.2 Å². The van der Waals surface area contributed by atoms with E-state index in [4.69, 9.17) is 5.73 Å². The number of hydrogen-bond donors (Lipinski definition) is 2. The van der Waals surface area contributed by atoms with Crippen molar-refractivity contribution in [2.45, 2.75) is 12.8 Å². The van der Waals surface area contributed by atoms with Gasteiger partial charge in [-0.2, -0.15) is 11.8 Å². The smallest absolute Gasteiger partial charge is 0.223 e. The van der Waals surface area contributed by atoms with Crippen LogP contribution < -0.4 is 11.1 Å². The molecule has 1 unspecified atom stereocenters. The number of hydrogen-bond acceptors (Lipinski definition) is 3. The van der Waals surface area contributed by atoms with Gasteiger partial charge in [-0.15, -0.1) is 0 Å². The summed E-state index contributed by atoms with van der Waals surface area (Å²) < 4.78 is 0. The second kappa shape index (κ2) is 5.43. The van der Waals surface area contributed by atoms with E-state index in [9.17, 15) is 4.79 Å². The molecule has 1 atom stereocenters. The number of nitrogens with two attached hydrogens (primary N) is 1. The van der Waals surface area contributed by atoms with Crippen LogP contribution in [0.15, 0.2) is 0 Å². The first-order valence-electron chi connectivity index (χ1n) is 4.40. The van der Waals surface area contributed by atoms with Crippen LogP contribution in [0.3, 0.4) is 0 Å². The molecule has 1 rings (SSSR count). The fraction of sp³-hybridized carbons (Fsp3) is 0.875. The van der Waals surface area contributed by atoms with Crippen LogP contribution in [-0.4, -0.2) is 30.5 Å². The number of carbonyl (C=O) groups excluding carboxylic acids is 1. The molecule has 0 aromatic rings. The van der Waals surface area contributed by atoms with Crippen LogP contribution in [-0.2, 0) is 4.79 Å². The molecule has 0 aromatic carbocycles. The highest BCUT2D eigenvalue weighted by molar-refractivity contribution is 7.99. The van der Waals surface area contributed by atoms with Gasteiger partial charge < -0.3 is 11.1 Å². The Morgan fingerprint density at radius 3 is 3.08 bits per heavy atom. The molecule has 0 bridgehead atoms. The number of carbonyl (C=O) groups is 1. The van der Waals surface area contributed by atoms with Crippen molar-refractivity contribution in [3.63, 3.8) is 0 Å². The molecule has 1 amide bonds. The van der Waals surface area contributed by atoms with Crippen molar-refractivity contribution in [3.05, 3.63) is 0 Å². The minimum atomic E-state index is 0.188. The fourth-order valence-corrected chi connectivity index (χ4v) is 2.43. The van der Waals surface area contributed by atoms with Gasteiger partial charge in [-0.25, -0.2) is 0 Å². The van der Waals surface area contributed by atoms with Crippen molar-refractivity contribution < 1.29 is 4.79 Å². The monoisotopic (exact) mass is 188 g/mol. The predicted molar refractivity (Wildman–Crippen MR) is 52.1 cm³/mol. The van der Waals surface area contributed by atoms with Gasteiger partial charge in [0.15, 0.2) is 0 Å².